The molecule has 0 atom stereocenters. The van der Waals surface area contributed by atoms with E-state index in [2.05, 4.69) is 16.0 Å². The fraction of sp³-hybridized carbons (Fsp3) is 0.444. The zero-order valence-electron chi connectivity index (χ0n) is 14.1. The molecule has 0 aliphatic rings. The molecule has 1 aromatic carbocycles. The van der Waals surface area contributed by atoms with Crippen LogP contribution < -0.4 is 5.32 Å². The third-order valence-corrected chi connectivity index (χ3v) is 2.81. The average molecular weight is 317 g/mol. The van der Waals surface area contributed by atoms with Crippen LogP contribution in [0.2, 0.25) is 0 Å². The molecule has 0 unspecified atom stereocenters. The van der Waals surface area contributed by atoms with Gasteiger partial charge >= 0.3 is 11.9 Å². The summed E-state index contributed by atoms with van der Waals surface area (Å²) in [6.45, 7) is 6.01. The number of rotatable bonds is 6. The SMILES string of the molecule is C#Cc1cc(CNCC(=O)OC(C)(C)C)cc(CC(=O)OC)c1. The van der Waals surface area contributed by atoms with Gasteiger partial charge in [0.05, 0.1) is 20.1 Å². The summed E-state index contributed by atoms with van der Waals surface area (Å²) in [7, 11) is 1.34. The van der Waals surface area contributed by atoms with Gasteiger partial charge in [-0.3, -0.25) is 9.59 Å². The van der Waals surface area contributed by atoms with Gasteiger partial charge < -0.3 is 14.8 Å². The Kier molecular flexibility index (Phi) is 6.80. The lowest BCUT2D eigenvalue weighted by molar-refractivity contribution is -0.153. The maximum absolute atomic E-state index is 11.6. The predicted molar refractivity (Wildman–Crippen MR) is 87.6 cm³/mol. The van der Waals surface area contributed by atoms with Crippen molar-refractivity contribution in [3.8, 4) is 12.3 Å². The summed E-state index contributed by atoms with van der Waals surface area (Å²) in [5.41, 5.74) is 1.85. The van der Waals surface area contributed by atoms with Crippen LogP contribution in [-0.2, 0) is 32.0 Å². The summed E-state index contributed by atoms with van der Waals surface area (Å²) in [6, 6.07) is 5.47. The van der Waals surface area contributed by atoms with E-state index < -0.39 is 5.60 Å². The Labute approximate surface area is 137 Å². The maximum Gasteiger partial charge on any atom is 0.320 e. The van der Waals surface area contributed by atoms with Crippen molar-refractivity contribution < 1.29 is 19.1 Å². The number of esters is 2. The zero-order chi connectivity index (χ0) is 17.5. The van der Waals surface area contributed by atoms with Crippen molar-refractivity contribution in [2.75, 3.05) is 13.7 Å². The lowest BCUT2D eigenvalue weighted by Crippen LogP contribution is -2.31. The molecular weight excluding hydrogens is 294 g/mol. The van der Waals surface area contributed by atoms with Gasteiger partial charge in [0.1, 0.15) is 5.60 Å². The van der Waals surface area contributed by atoms with E-state index in [4.69, 9.17) is 11.2 Å². The van der Waals surface area contributed by atoms with Crippen LogP contribution in [0.5, 0.6) is 0 Å². The summed E-state index contributed by atoms with van der Waals surface area (Å²) in [5.74, 6) is 1.91. The highest BCUT2D eigenvalue weighted by Gasteiger charge is 2.15. The molecule has 1 N–H and O–H groups in total. The Bertz CT molecular complexity index is 608. The van der Waals surface area contributed by atoms with E-state index in [9.17, 15) is 9.59 Å². The highest BCUT2D eigenvalue weighted by Crippen LogP contribution is 2.11. The van der Waals surface area contributed by atoms with Crippen molar-refractivity contribution in [3.63, 3.8) is 0 Å². The highest BCUT2D eigenvalue weighted by molar-refractivity contribution is 5.73. The summed E-state index contributed by atoms with van der Waals surface area (Å²) in [5, 5.41) is 3.01. The molecule has 0 bridgehead atoms. The van der Waals surface area contributed by atoms with Gasteiger partial charge in [-0.05, 0) is 44.0 Å². The minimum Gasteiger partial charge on any atom is -0.469 e. The van der Waals surface area contributed by atoms with Crippen LogP contribution in [-0.4, -0.2) is 31.2 Å². The Hall–Kier alpha value is -2.32. The van der Waals surface area contributed by atoms with E-state index in [-0.39, 0.29) is 24.9 Å². The van der Waals surface area contributed by atoms with Crippen LogP contribution in [0.3, 0.4) is 0 Å². The van der Waals surface area contributed by atoms with Crippen LogP contribution in [0.25, 0.3) is 0 Å². The zero-order valence-corrected chi connectivity index (χ0v) is 14.1. The normalized spacial score (nSPS) is 10.7. The number of benzene rings is 1. The molecule has 0 aromatic heterocycles. The Balaban J connectivity index is 2.66. The van der Waals surface area contributed by atoms with E-state index >= 15 is 0 Å². The van der Waals surface area contributed by atoms with Gasteiger partial charge in [0.15, 0.2) is 0 Å². The number of ether oxygens (including phenoxy) is 2. The summed E-state index contributed by atoms with van der Waals surface area (Å²) < 4.78 is 9.88. The summed E-state index contributed by atoms with van der Waals surface area (Å²) in [4.78, 5) is 23.0. The van der Waals surface area contributed by atoms with Crippen LogP contribution >= 0.6 is 0 Å². The Morgan fingerprint density at radius 1 is 1.17 bits per heavy atom. The second kappa shape index (κ2) is 8.35. The van der Waals surface area contributed by atoms with Gasteiger partial charge in [0, 0.05) is 12.1 Å². The minimum atomic E-state index is -0.504. The average Bonchev–Trinajstić information content (AvgIpc) is 2.44. The summed E-state index contributed by atoms with van der Waals surface area (Å²) in [6.07, 6.45) is 5.59. The van der Waals surface area contributed by atoms with Crippen molar-refractivity contribution >= 4 is 11.9 Å². The largest absolute Gasteiger partial charge is 0.469 e. The maximum atomic E-state index is 11.6. The van der Waals surface area contributed by atoms with Crippen LogP contribution in [0, 0.1) is 12.3 Å². The molecule has 0 heterocycles. The van der Waals surface area contributed by atoms with Crippen molar-refractivity contribution in [1.29, 1.82) is 0 Å². The van der Waals surface area contributed by atoms with Crippen molar-refractivity contribution in [3.05, 3.63) is 34.9 Å². The number of hydrogen-bond donors (Lipinski definition) is 1. The van der Waals surface area contributed by atoms with Gasteiger partial charge in [-0.25, -0.2) is 0 Å². The monoisotopic (exact) mass is 317 g/mol. The molecule has 1 aromatic rings. The van der Waals surface area contributed by atoms with Crippen molar-refractivity contribution in [2.45, 2.75) is 39.3 Å². The van der Waals surface area contributed by atoms with E-state index in [0.717, 1.165) is 11.1 Å². The lowest BCUT2D eigenvalue weighted by atomic mass is 10.0. The molecule has 5 nitrogen and oxygen atoms in total. The first-order valence-corrected chi connectivity index (χ1v) is 7.32. The van der Waals surface area contributed by atoms with Gasteiger partial charge in [-0.15, -0.1) is 6.42 Å². The topological polar surface area (TPSA) is 64.6 Å². The predicted octanol–water partition coefficient (Wildman–Crippen LogP) is 1.81. The molecule has 1 rings (SSSR count). The molecule has 0 aliphatic carbocycles. The molecular formula is C18H23NO4. The Morgan fingerprint density at radius 2 is 1.83 bits per heavy atom. The van der Waals surface area contributed by atoms with Gasteiger partial charge in [0.25, 0.3) is 0 Å². The first-order chi connectivity index (χ1) is 10.7. The number of terminal acetylenes is 1. The van der Waals surface area contributed by atoms with Crippen LogP contribution in [0.4, 0.5) is 0 Å². The fourth-order valence-corrected chi connectivity index (χ4v) is 1.98. The van der Waals surface area contributed by atoms with Gasteiger partial charge in [-0.2, -0.15) is 0 Å². The Morgan fingerprint density at radius 3 is 2.39 bits per heavy atom. The second-order valence-corrected chi connectivity index (χ2v) is 6.13. The molecule has 0 spiro atoms. The number of carbonyl (C=O) groups is 2. The number of hydrogen-bond acceptors (Lipinski definition) is 5. The van der Waals surface area contributed by atoms with E-state index in [1.54, 1.807) is 6.07 Å². The van der Waals surface area contributed by atoms with Crippen molar-refractivity contribution in [1.82, 2.24) is 5.32 Å². The smallest absolute Gasteiger partial charge is 0.320 e. The van der Waals surface area contributed by atoms with E-state index in [1.807, 2.05) is 32.9 Å². The van der Waals surface area contributed by atoms with E-state index in [1.165, 1.54) is 7.11 Å². The molecule has 23 heavy (non-hydrogen) atoms. The number of carbonyl (C=O) groups excluding carboxylic acids is 2. The molecule has 0 aliphatic heterocycles. The minimum absolute atomic E-state index is 0.101. The van der Waals surface area contributed by atoms with Gasteiger partial charge in [-0.1, -0.05) is 12.0 Å². The molecule has 5 heteroatoms. The molecule has 0 saturated heterocycles. The van der Waals surface area contributed by atoms with Crippen molar-refractivity contribution in [2.24, 2.45) is 0 Å². The summed E-state index contributed by atoms with van der Waals surface area (Å²) >= 11 is 0. The third kappa shape index (κ3) is 7.48. The molecule has 0 amide bonds. The standard InChI is InChI=1S/C18H23NO4/c1-6-13-7-14(10-16(20)22-5)9-15(8-13)11-19-12-17(21)23-18(2,3)4/h1,7-9,19H,10-12H2,2-5H3. The van der Waals surface area contributed by atoms with Gasteiger partial charge in [0.2, 0.25) is 0 Å². The number of methoxy groups -OCH3 is 1. The number of nitrogens with one attached hydrogen (secondary N) is 1. The fourth-order valence-electron chi connectivity index (χ4n) is 1.98. The first-order valence-electron chi connectivity index (χ1n) is 7.32. The molecule has 124 valence electrons. The van der Waals surface area contributed by atoms with E-state index in [0.29, 0.717) is 12.1 Å². The molecule has 0 fully saturated rings. The van der Waals surface area contributed by atoms with Crippen LogP contribution in [0.1, 0.15) is 37.5 Å². The lowest BCUT2D eigenvalue weighted by Gasteiger charge is -2.19. The highest BCUT2D eigenvalue weighted by atomic mass is 16.6. The first kappa shape index (κ1) is 18.7. The quantitative estimate of drug-likeness (QED) is 0.640. The molecule has 0 radical (unpaired) electrons. The second-order valence-electron chi connectivity index (χ2n) is 6.13. The molecule has 0 saturated carbocycles. The third-order valence-electron chi connectivity index (χ3n) is 2.81. The van der Waals surface area contributed by atoms with Crippen LogP contribution in [0.15, 0.2) is 18.2 Å².